The molecule has 0 radical (unpaired) electrons. The Morgan fingerprint density at radius 1 is 0.808 bits per heavy atom. The van der Waals surface area contributed by atoms with Crippen LogP contribution in [0.25, 0.3) is 0 Å². The third-order valence-corrected chi connectivity index (χ3v) is 4.21. The molecular weight excluding hydrogens is 395 g/mol. The van der Waals surface area contributed by atoms with Gasteiger partial charge in [0.2, 0.25) is 0 Å². The van der Waals surface area contributed by atoms with Crippen molar-refractivity contribution >= 4 is 28.5 Å². The van der Waals surface area contributed by atoms with Crippen molar-refractivity contribution in [1.29, 1.82) is 0 Å². The predicted molar refractivity (Wildman–Crippen MR) is 110 cm³/mol. The van der Waals surface area contributed by atoms with Crippen molar-refractivity contribution in [2.45, 2.75) is 53.1 Å². The van der Waals surface area contributed by atoms with Crippen LogP contribution in [0, 0.1) is 0 Å². The average molecular weight is 423 g/mol. The molecule has 0 bridgehead atoms. The van der Waals surface area contributed by atoms with Gasteiger partial charge in [0.25, 0.3) is 0 Å². The summed E-state index contributed by atoms with van der Waals surface area (Å²) in [4.78, 5) is 0. The van der Waals surface area contributed by atoms with Gasteiger partial charge in [-0.2, -0.15) is 0 Å². The first-order valence-corrected chi connectivity index (χ1v) is 9.51. The fraction of sp³-hybridized carbons (Fsp3) is 0.400. The third kappa shape index (κ3) is 8.96. The molecule has 0 aliphatic rings. The highest BCUT2D eigenvalue weighted by molar-refractivity contribution is 9.10. The fourth-order valence-electron chi connectivity index (χ4n) is 2.05. The molecule has 0 aliphatic carbocycles. The summed E-state index contributed by atoms with van der Waals surface area (Å²) < 4.78 is 12.0. The van der Waals surface area contributed by atoms with Crippen molar-refractivity contribution in [3.8, 4) is 0 Å². The largest absolute Gasteiger partial charge is 0.488 e. The Morgan fingerprint density at radius 2 is 1.27 bits per heavy atom. The maximum Gasteiger partial charge on any atom is 0.488 e. The van der Waals surface area contributed by atoms with Gasteiger partial charge in [-0.25, -0.2) is 0 Å². The predicted octanol–water partition coefficient (Wildman–Crippen LogP) is 3.67. The molecule has 0 spiro atoms. The summed E-state index contributed by atoms with van der Waals surface area (Å²) in [5.74, 6) is 0. The lowest BCUT2D eigenvalue weighted by Gasteiger charge is -2.11. The standard InChI is InChI=1S/C10H15BO3.C10H13BrO/c1-8(2)14-7-9-5-3-4-6-10(9)11(12)13;1-8(2)12-7-9-5-3-4-6-10(9)11/h3-6,8,12-13H,7H2,1-2H3;3-6,8H,7H2,1-2H3. The van der Waals surface area contributed by atoms with Crippen LogP contribution in [0.5, 0.6) is 0 Å². The fourth-order valence-corrected chi connectivity index (χ4v) is 2.45. The van der Waals surface area contributed by atoms with Crippen LogP contribution in [0.1, 0.15) is 38.8 Å². The second kappa shape index (κ2) is 12.3. The van der Waals surface area contributed by atoms with E-state index in [0.717, 1.165) is 10.0 Å². The number of hydrogen-bond donors (Lipinski definition) is 2. The van der Waals surface area contributed by atoms with E-state index in [4.69, 9.17) is 19.5 Å². The van der Waals surface area contributed by atoms with Gasteiger partial charge in [-0.1, -0.05) is 58.4 Å². The molecule has 0 aliphatic heterocycles. The number of ether oxygens (including phenoxy) is 2. The minimum absolute atomic E-state index is 0.138. The van der Waals surface area contributed by atoms with E-state index >= 15 is 0 Å². The Bertz CT molecular complexity index is 647. The molecule has 0 saturated carbocycles. The molecule has 4 nitrogen and oxygen atoms in total. The van der Waals surface area contributed by atoms with E-state index in [9.17, 15) is 0 Å². The van der Waals surface area contributed by atoms with E-state index in [1.807, 2.05) is 58.0 Å². The summed E-state index contributed by atoms with van der Waals surface area (Å²) in [7, 11) is -1.43. The molecule has 2 rings (SSSR count). The highest BCUT2D eigenvalue weighted by Crippen LogP contribution is 2.16. The zero-order valence-corrected chi connectivity index (χ0v) is 17.4. The Labute approximate surface area is 165 Å². The highest BCUT2D eigenvalue weighted by atomic mass is 79.9. The van der Waals surface area contributed by atoms with Gasteiger partial charge in [-0.3, -0.25) is 0 Å². The van der Waals surface area contributed by atoms with Crippen molar-refractivity contribution in [1.82, 2.24) is 0 Å². The first-order valence-electron chi connectivity index (χ1n) is 8.71. The Kier molecular flexibility index (Phi) is 10.8. The van der Waals surface area contributed by atoms with E-state index in [2.05, 4.69) is 22.0 Å². The van der Waals surface area contributed by atoms with Crippen LogP contribution in [0.15, 0.2) is 53.0 Å². The lowest BCUT2D eigenvalue weighted by atomic mass is 9.77. The average Bonchev–Trinajstić information content (AvgIpc) is 2.60. The van der Waals surface area contributed by atoms with Crippen LogP contribution >= 0.6 is 15.9 Å². The minimum atomic E-state index is -1.43. The molecule has 0 unspecified atom stereocenters. The zero-order chi connectivity index (χ0) is 19.5. The van der Waals surface area contributed by atoms with E-state index in [-0.39, 0.29) is 12.2 Å². The van der Waals surface area contributed by atoms with Gasteiger partial charge in [0.1, 0.15) is 0 Å². The topological polar surface area (TPSA) is 58.9 Å². The number of rotatable bonds is 7. The molecule has 2 N–H and O–H groups in total. The molecule has 2 aromatic carbocycles. The second-order valence-electron chi connectivity index (χ2n) is 6.38. The van der Waals surface area contributed by atoms with E-state index < -0.39 is 7.12 Å². The lowest BCUT2D eigenvalue weighted by molar-refractivity contribution is 0.0653. The molecule has 0 atom stereocenters. The van der Waals surface area contributed by atoms with Gasteiger partial charge >= 0.3 is 7.12 Å². The third-order valence-electron chi connectivity index (χ3n) is 3.44. The normalized spacial score (nSPS) is 10.7. The molecule has 26 heavy (non-hydrogen) atoms. The summed E-state index contributed by atoms with van der Waals surface area (Å²) in [6.45, 7) is 9.05. The summed E-state index contributed by atoms with van der Waals surface area (Å²) in [5.41, 5.74) is 2.52. The maximum absolute atomic E-state index is 9.07. The first kappa shape index (κ1) is 22.9. The summed E-state index contributed by atoms with van der Waals surface area (Å²) in [6.07, 6.45) is 0.427. The highest BCUT2D eigenvalue weighted by Gasteiger charge is 2.15. The summed E-state index contributed by atoms with van der Waals surface area (Å²) >= 11 is 3.47. The van der Waals surface area contributed by atoms with Crippen LogP contribution in [0.4, 0.5) is 0 Å². The Balaban J connectivity index is 0.000000263. The maximum atomic E-state index is 9.07. The number of benzene rings is 2. The van der Waals surface area contributed by atoms with Gasteiger partial charge in [0.15, 0.2) is 0 Å². The van der Waals surface area contributed by atoms with Crippen LogP contribution < -0.4 is 5.46 Å². The SMILES string of the molecule is CC(C)OCc1ccccc1B(O)O.CC(C)OCc1ccccc1Br. The van der Waals surface area contributed by atoms with Crippen molar-refractivity contribution in [3.05, 3.63) is 64.1 Å². The van der Waals surface area contributed by atoms with Crippen molar-refractivity contribution in [2.24, 2.45) is 0 Å². The van der Waals surface area contributed by atoms with Crippen LogP contribution in [-0.4, -0.2) is 29.4 Å². The quantitative estimate of drug-likeness (QED) is 0.668. The molecule has 0 saturated heterocycles. The number of hydrogen-bond acceptors (Lipinski definition) is 4. The molecular formula is C20H28BBrO4. The van der Waals surface area contributed by atoms with Gasteiger partial charge in [-0.05, 0) is 50.4 Å². The second-order valence-corrected chi connectivity index (χ2v) is 7.24. The zero-order valence-electron chi connectivity index (χ0n) is 15.9. The van der Waals surface area contributed by atoms with Gasteiger partial charge in [0, 0.05) is 4.47 Å². The minimum Gasteiger partial charge on any atom is -0.423 e. The first-order chi connectivity index (χ1) is 12.3. The molecule has 142 valence electrons. The van der Waals surface area contributed by atoms with Gasteiger partial charge < -0.3 is 19.5 Å². The molecule has 0 heterocycles. The van der Waals surface area contributed by atoms with Crippen LogP contribution in [-0.2, 0) is 22.7 Å². The molecule has 0 aromatic heterocycles. The van der Waals surface area contributed by atoms with Gasteiger partial charge in [-0.15, -0.1) is 0 Å². The van der Waals surface area contributed by atoms with E-state index in [1.54, 1.807) is 12.1 Å². The van der Waals surface area contributed by atoms with Crippen molar-refractivity contribution in [2.75, 3.05) is 0 Å². The molecule has 0 fully saturated rings. The molecule has 6 heteroatoms. The van der Waals surface area contributed by atoms with Crippen molar-refractivity contribution < 1.29 is 19.5 Å². The van der Waals surface area contributed by atoms with Crippen molar-refractivity contribution in [3.63, 3.8) is 0 Å². The lowest BCUT2D eigenvalue weighted by Crippen LogP contribution is -2.33. The Hall–Kier alpha value is -1.18. The van der Waals surface area contributed by atoms with E-state index in [0.29, 0.717) is 18.7 Å². The Morgan fingerprint density at radius 3 is 1.77 bits per heavy atom. The number of halogens is 1. The van der Waals surface area contributed by atoms with E-state index in [1.165, 1.54) is 5.56 Å². The molecule has 0 amide bonds. The summed E-state index contributed by atoms with van der Waals surface area (Å²) in [6, 6.07) is 15.2. The monoisotopic (exact) mass is 422 g/mol. The van der Waals surface area contributed by atoms with Crippen LogP contribution in [0.2, 0.25) is 0 Å². The van der Waals surface area contributed by atoms with Gasteiger partial charge in [0.05, 0.1) is 25.4 Å². The van der Waals surface area contributed by atoms with Crippen LogP contribution in [0.3, 0.4) is 0 Å². The smallest absolute Gasteiger partial charge is 0.423 e. The molecule has 2 aromatic rings. The summed E-state index contributed by atoms with van der Waals surface area (Å²) in [5, 5.41) is 18.1.